The number of hydrogen-bond donors (Lipinski definition) is 2. The van der Waals surface area contributed by atoms with Crippen molar-refractivity contribution >= 4 is 45.7 Å². The van der Waals surface area contributed by atoms with Gasteiger partial charge in [0, 0.05) is 10.5 Å². The zero-order chi connectivity index (χ0) is 15.7. The zero-order valence-corrected chi connectivity index (χ0v) is 13.7. The Morgan fingerprint density at radius 3 is 2.95 bits per heavy atom. The molecule has 0 spiro atoms. The molecule has 0 bridgehead atoms. The van der Waals surface area contributed by atoms with Crippen molar-refractivity contribution in [2.45, 2.75) is 30.4 Å². The van der Waals surface area contributed by atoms with Crippen molar-refractivity contribution < 1.29 is 9.59 Å². The lowest BCUT2D eigenvalue weighted by Crippen LogP contribution is -2.26. The van der Waals surface area contributed by atoms with Crippen molar-refractivity contribution in [1.82, 2.24) is 10.2 Å². The number of benzene rings is 1. The van der Waals surface area contributed by atoms with Crippen LogP contribution in [0.2, 0.25) is 0 Å². The second-order valence-electron chi connectivity index (χ2n) is 4.77. The van der Waals surface area contributed by atoms with Gasteiger partial charge in [0.25, 0.3) is 5.91 Å². The van der Waals surface area contributed by atoms with Crippen LogP contribution >= 0.6 is 23.1 Å². The highest BCUT2D eigenvalue weighted by Gasteiger charge is 2.23. The molecule has 1 aliphatic rings. The number of carbonyl (C=O) groups excluding carboxylic acids is 2. The van der Waals surface area contributed by atoms with E-state index >= 15 is 0 Å². The van der Waals surface area contributed by atoms with E-state index in [-0.39, 0.29) is 17.1 Å². The van der Waals surface area contributed by atoms with Crippen molar-refractivity contribution in [2.24, 2.45) is 0 Å². The highest BCUT2D eigenvalue weighted by Crippen LogP contribution is 2.36. The third-order valence-electron chi connectivity index (χ3n) is 3.16. The first-order valence-electron chi connectivity index (χ1n) is 6.82. The number of aromatic nitrogens is 2. The van der Waals surface area contributed by atoms with Gasteiger partial charge in [0.15, 0.2) is 0 Å². The average Bonchev–Trinajstić information content (AvgIpc) is 2.95. The van der Waals surface area contributed by atoms with E-state index in [2.05, 4.69) is 20.8 Å². The molecule has 6 nitrogen and oxygen atoms in total. The first-order valence-corrected chi connectivity index (χ1v) is 8.51. The maximum atomic E-state index is 12.3. The number of aryl methyl sites for hydroxylation is 1. The Hall–Kier alpha value is -1.93. The van der Waals surface area contributed by atoms with Gasteiger partial charge in [0.05, 0.1) is 10.9 Å². The highest BCUT2D eigenvalue weighted by atomic mass is 32.2. The maximum Gasteiger partial charge on any atom is 0.257 e. The summed E-state index contributed by atoms with van der Waals surface area (Å²) in [5, 5.41) is 14.7. The fourth-order valence-electron chi connectivity index (χ4n) is 1.97. The number of nitrogens with zero attached hydrogens (tertiary/aromatic N) is 2. The number of amides is 2. The molecule has 0 saturated carbocycles. The van der Waals surface area contributed by atoms with Crippen LogP contribution in [0.3, 0.4) is 0 Å². The lowest BCUT2D eigenvalue weighted by molar-refractivity contribution is -0.115. The lowest BCUT2D eigenvalue weighted by atomic mass is 10.2. The number of rotatable bonds is 3. The Morgan fingerprint density at radius 1 is 1.41 bits per heavy atom. The monoisotopic (exact) mass is 334 g/mol. The van der Waals surface area contributed by atoms with E-state index in [9.17, 15) is 9.59 Å². The first kappa shape index (κ1) is 15.0. The predicted molar refractivity (Wildman–Crippen MR) is 87.6 cm³/mol. The second-order valence-corrected chi connectivity index (χ2v) is 7.21. The summed E-state index contributed by atoms with van der Waals surface area (Å²) >= 11 is 2.84. The van der Waals surface area contributed by atoms with Gasteiger partial charge in [-0.25, -0.2) is 0 Å². The number of nitrogens with one attached hydrogen (secondary N) is 2. The zero-order valence-electron chi connectivity index (χ0n) is 12.0. The number of anilines is 2. The Kier molecular flexibility index (Phi) is 4.12. The summed E-state index contributed by atoms with van der Waals surface area (Å²) in [7, 11) is 0. The highest BCUT2D eigenvalue weighted by molar-refractivity contribution is 8.00. The largest absolute Gasteiger partial charge is 0.324 e. The predicted octanol–water partition coefficient (Wildman–Crippen LogP) is 2.79. The van der Waals surface area contributed by atoms with Crippen molar-refractivity contribution in [3.05, 3.63) is 28.8 Å². The fraction of sp³-hybridized carbons (Fsp3) is 0.286. The van der Waals surface area contributed by atoms with Gasteiger partial charge in [-0.05, 0) is 31.5 Å². The summed E-state index contributed by atoms with van der Waals surface area (Å²) in [4.78, 5) is 24.9. The summed E-state index contributed by atoms with van der Waals surface area (Å²) < 4.78 is 0. The molecule has 2 aromatic rings. The van der Waals surface area contributed by atoms with Crippen LogP contribution in [0.15, 0.2) is 23.1 Å². The van der Waals surface area contributed by atoms with Crippen LogP contribution in [0.1, 0.15) is 29.2 Å². The number of thioether (sulfide) groups is 1. The topological polar surface area (TPSA) is 84.0 Å². The average molecular weight is 334 g/mol. The number of carbonyl (C=O) groups is 2. The van der Waals surface area contributed by atoms with Gasteiger partial charge in [-0.15, -0.1) is 22.0 Å². The summed E-state index contributed by atoms with van der Waals surface area (Å²) in [5.41, 5.74) is 1.15. The van der Waals surface area contributed by atoms with Crippen molar-refractivity contribution in [3.63, 3.8) is 0 Å². The molecule has 0 radical (unpaired) electrons. The summed E-state index contributed by atoms with van der Waals surface area (Å²) in [5.74, 6) is -0.314. The second kappa shape index (κ2) is 6.05. The molecule has 0 aliphatic carbocycles. The van der Waals surface area contributed by atoms with E-state index in [1.807, 2.05) is 19.9 Å². The maximum absolute atomic E-state index is 12.3. The molecule has 1 aromatic heterocycles. The lowest BCUT2D eigenvalue weighted by Gasteiger charge is -2.21. The van der Waals surface area contributed by atoms with Gasteiger partial charge in [-0.2, -0.15) is 0 Å². The van der Waals surface area contributed by atoms with Gasteiger partial charge in [0.2, 0.25) is 11.0 Å². The molecule has 2 amide bonds. The molecule has 2 N–H and O–H groups in total. The molecule has 1 aliphatic heterocycles. The minimum absolute atomic E-state index is 0.0493. The van der Waals surface area contributed by atoms with E-state index in [0.29, 0.717) is 16.4 Å². The van der Waals surface area contributed by atoms with Gasteiger partial charge in [-0.1, -0.05) is 18.3 Å². The molecule has 22 heavy (non-hydrogen) atoms. The standard InChI is InChI=1S/C14H14N4O2S2/c1-3-11-17-18-14(22-11)16-13(20)8-4-5-10-9(6-8)15-12(19)7(2)21-10/h4-7H,3H2,1-2H3,(H,15,19)(H,16,18,20)/t7-/m0/s1. The molecule has 3 rings (SSSR count). The smallest absolute Gasteiger partial charge is 0.257 e. The van der Waals surface area contributed by atoms with Gasteiger partial charge < -0.3 is 5.32 Å². The Bertz CT molecular complexity index is 744. The third kappa shape index (κ3) is 2.97. The van der Waals surface area contributed by atoms with E-state index in [0.717, 1.165) is 16.3 Å². The van der Waals surface area contributed by atoms with Gasteiger partial charge >= 0.3 is 0 Å². The molecule has 0 unspecified atom stereocenters. The fourth-order valence-corrected chi connectivity index (χ4v) is 3.57. The minimum Gasteiger partial charge on any atom is -0.324 e. The Balaban J connectivity index is 1.79. The molecule has 1 aromatic carbocycles. The minimum atomic E-state index is -0.264. The molecular formula is C14H14N4O2S2. The molecule has 114 valence electrons. The summed E-state index contributed by atoms with van der Waals surface area (Å²) in [6.45, 7) is 3.83. The van der Waals surface area contributed by atoms with Gasteiger partial charge in [0.1, 0.15) is 5.01 Å². The molecule has 8 heteroatoms. The van der Waals surface area contributed by atoms with E-state index in [1.54, 1.807) is 12.1 Å². The first-order chi connectivity index (χ1) is 10.6. The molecule has 0 saturated heterocycles. The Morgan fingerprint density at radius 2 is 2.23 bits per heavy atom. The van der Waals surface area contributed by atoms with Crippen LogP contribution < -0.4 is 10.6 Å². The van der Waals surface area contributed by atoms with Crippen LogP contribution in [-0.2, 0) is 11.2 Å². The van der Waals surface area contributed by atoms with E-state index in [1.165, 1.54) is 23.1 Å². The summed E-state index contributed by atoms with van der Waals surface area (Å²) in [6, 6.07) is 5.28. The SMILES string of the molecule is CCc1nnc(NC(=O)c2ccc3c(c2)NC(=O)[C@H](C)S3)s1. The number of fused-ring (bicyclic) bond motifs is 1. The molecular weight excluding hydrogens is 320 g/mol. The molecule has 1 atom stereocenters. The van der Waals surface area contributed by atoms with Crippen LogP contribution in [0, 0.1) is 0 Å². The van der Waals surface area contributed by atoms with Gasteiger partial charge in [-0.3, -0.25) is 14.9 Å². The van der Waals surface area contributed by atoms with E-state index in [4.69, 9.17) is 0 Å². The normalized spacial score (nSPS) is 16.8. The van der Waals surface area contributed by atoms with Crippen molar-refractivity contribution in [3.8, 4) is 0 Å². The molecule has 0 fully saturated rings. The van der Waals surface area contributed by atoms with Crippen molar-refractivity contribution in [2.75, 3.05) is 10.6 Å². The summed E-state index contributed by atoms with van der Waals surface area (Å²) in [6.07, 6.45) is 0.786. The van der Waals surface area contributed by atoms with Crippen LogP contribution in [0.4, 0.5) is 10.8 Å². The third-order valence-corrected chi connectivity index (χ3v) is 5.32. The van der Waals surface area contributed by atoms with E-state index < -0.39 is 0 Å². The van der Waals surface area contributed by atoms with Crippen LogP contribution in [-0.4, -0.2) is 27.3 Å². The Labute approximate surface area is 135 Å². The molecule has 2 heterocycles. The van der Waals surface area contributed by atoms with Crippen LogP contribution in [0.25, 0.3) is 0 Å². The quantitative estimate of drug-likeness (QED) is 0.902. The number of hydrogen-bond acceptors (Lipinski definition) is 6. The van der Waals surface area contributed by atoms with Crippen LogP contribution in [0.5, 0.6) is 0 Å². The van der Waals surface area contributed by atoms with Crippen molar-refractivity contribution in [1.29, 1.82) is 0 Å².